The number of fused-ring (bicyclic) bond motifs is 1. The third-order valence-corrected chi connectivity index (χ3v) is 3.87. The molecule has 0 aliphatic carbocycles. The van der Waals surface area contributed by atoms with Crippen LogP contribution in [-0.2, 0) is 6.18 Å². The number of nitrogens with zero attached hydrogens (tertiary/aromatic N) is 2. The minimum absolute atomic E-state index is 0.0421. The van der Waals surface area contributed by atoms with Crippen LogP contribution in [0.5, 0.6) is 0 Å². The Morgan fingerprint density at radius 3 is 2.42 bits per heavy atom. The minimum Gasteiger partial charge on any atom is -0.316 e. The third-order valence-electron chi connectivity index (χ3n) is 3.59. The lowest BCUT2D eigenvalue weighted by atomic mass is 10.2. The molecule has 26 heavy (non-hydrogen) atoms. The number of amides is 1. The van der Waals surface area contributed by atoms with Crippen LogP contribution in [0.2, 0.25) is 5.02 Å². The molecule has 2 heterocycles. The van der Waals surface area contributed by atoms with Gasteiger partial charge in [0.25, 0.3) is 5.91 Å². The van der Waals surface area contributed by atoms with Gasteiger partial charge < -0.3 is 5.32 Å². The second kappa shape index (κ2) is 6.24. The van der Waals surface area contributed by atoms with Gasteiger partial charge in [0.2, 0.25) is 0 Å². The number of aromatic nitrogens is 2. The van der Waals surface area contributed by atoms with Gasteiger partial charge in [-0.3, -0.25) is 9.20 Å². The highest BCUT2D eigenvalue weighted by atomic mass is 35.5. The van der Waals surface area contributed by atoms with E-state index in [1.807, 2.05) is 5.32 Å². The van der Waals surface area contributed by atoms with Crippen molar-refractivity contribution in [2.24, 2.45) is 0 Å². The molecular weight excluding hydrogens is 381 g/mol. The van der Waals surface area contributed by atoms with E-state index in [1.165, 1.54) is 6.92 Å². The molecule has 3 aromatic rings. The predicted molar refractivity (Wildman–Crippen MR) is 84.3 cm³/mol. The van der Waals surface area contributed by atoms with Crippen LogP contribution >= 0.6 is 11.6 Å². The van der Waals surface area contributed by atoms with Crippen LogP contribution < -0.4 is 5.32 Å². The summed E-state index contributed by atoms with van der Waals surface area (Å²) in [4.78, 5) is 16.4. The Morgan fingerprint density at radius 1 is 1.23 bits per heavy atom. The smallest absolute Gasteiger partial charge is 0.316 e. The van der Waals surface area contributed by atoms with Gasteiger partial charge in [0.1, 0.15) is 23.0 Å². The van der Waals surface area contributed by atoms with Gasteiger partial charge in [-0.25, -0.2) is 13.8 Å². The molecule has 10 heteroatoms. The number of aryl methyl sites for hydroxylation is 1. The fourth-order valence-electron chi connectivity index (χ4n) is 2.44. The van der Waals surface area contributed by atoms with Crippen molar-refractivity contribution >= 4 is 28.8 Å². The number of hydrogen-bond donors (Lipinski definition) is 1. The van der Waals surface area contributed by atoms with E-state index in [0.717, 1.165) is 22.6 Å². The zero-order valence-corrected chi connectivity index (χ0v) is 13.7. The largest absolute Gasteiger partial charge is 0.417 e. The second-order valence-electron chi connectivity index (χ2n) is 5.36. The Morgan fingerprint density at radius 2 is 1.85 bits per heavy atom. The molecule has 0 atom stereocenters. The molecule has 0 spiro atoms. The lowest BCUT2D eigenvalue weighted by molar-refractivity contribution is -0.137. The number of halogens is 6. The summed E-state index contributed by atoms with van der Waals surface area (Å²) in [7, 11) is 0. The first kappa shape index (κ1) is 18.1. The summed E-state index contributed by atoms with van der Waals surface area (Å²) in [6.07, 6.45) is -4.06. The molecule has 3 rings (SSSR count). The van der Waals surface area contributed by atoms with Gasteiger partial charge in [0, 0.05) is 6.20 Å². The molecule has 0 aliphatic rings. The van der Waals surface area contributed by atoms with Gasteiger partial charge in [0.15, 0.2) is 5.65 Å². The SMILES string of the molecule is Cc1nc2c(Cl)cc(C(F)(F)F)cn2c1C(=O)Nc1c(F)cccc1F. The van der Waals surface area contributed by atoms with Crippen LogP contribution in [0.3, 0.4) is 0 Å². The van der Waals surface area contributed by atoms with Crippen LogP contribution in [0.4, 0.5) is 27.6 Å². The van der Waals surface area contributed by atoms with E-state index >= 15 is 0 Å². The Bertz CT molecular complexity index is 1010. The van der Waals surface area contributed by atoms with Gasteiger partial charge in [0.05, 0.1) is 16.3 Å². The monoisotopic (exact) mass is 389 g/mol. The molecule has 0 aliphatic heterocycles. The van der Waals surface area contributed by atoms with Crippen LogP contribution in [0.25, 0.3) is 5.65 Å². The number of carbonyl (C=O) groups is 1. The summed E-state index contributed by atoms with van der Waals surface area (Å²) >= 11 is 5.83. The number of pyridine rings is 1. The van der Waals surface area contributed by atoms with Gasteiger partial charge in [-0.15, -0.1) is 0 Å². The third kappa shape index (κ3) is 3.10. The van der Waals surface area contributed by atoms with Crippen molar-refractivity contribution in [3.8, 4) is 0 Å². The lowest BCUT2D eigenvalue weighted by Crippen LogP contribution is -2.18. The predicted octanol–water partition coefficient (Wildman–Crippen LogP) is 4.85. The number of alkyl halides is 3. The average molecular weight is 390 g/mol. The molecule has 0 unspecified atom stereocenters. The van der Waals surface area contributed by atoms with E-state index in [4.69, 9.17) is 11.6 Å². The summed E-state index contributed by atoms with van der Waals surface area (Å²) in [5.41, 5.74) is -2.18. The zero-order chi connectivity index (χ0) is 19.2. The summed E-state index contributed by atoms with van der Waals surface area (Å²) < 4.78 is 67.2. The fourth-order valence-corrected chi connectivity index (χ4v) is 2.69. The van der Waals surface area contributed by atoms with Crippen molar-refractivity contribution in [1.82, 2.24) is 9.38 Å². The van der Waals surface area contributed by atoms with Crippen molar-refractivity contribution in [3.05, 3.63) is 64.1 Å². The van der Waals surface area contributed by atoms with Gasteiger partial charge in [-0.2, -0.15) is 13.2 Å². The van der Waals surface area contributed by atoms with Gasteiger partial charge in [-0.05, 0) is 25.1 Å². The molecule has 0 saturated carbocycles. The standard InChI is InChI=1S/C16H9ClF5N3O/c1-7-13(15(26)24-12-10(18)3-2-4-11(12)19)25-6-8(16(20,21)22)5-9(17)14(25)23-7/h2-6H,1H3,(H,24,26). The molecular formula is C16H9ClF5N3O. The number of para-hydroxylation sites is 1. The molecule has 0 bridgehead atoms. The number of benzene rings is 1. The molecule has 2 aromatic heterocycles. The van der Waals surface area contributed by atoms with E-state index in [9.17, 15) is 26.7 Å². The summed E-state index contributed by atoms with van der Waals surface area (Å²) in [6.45, 7) is 1.36. The van der Waals surface area contributed by atoms with Gasteiger partial charge in [-0.1, -0.05) is 17.7 Å². The number of nitrogens with one attached hydrogen (secondary N) is 1. The number of anilines is 1. The Balaban J connectivity index is 2.14. The van der Waals surface area contributed by atoms with Gasteiger partial charge >= 0.3 is 6.18 Å². The normalized spacial score (nSPS) is 11.8. The highest BCUT2D eigenvalue weighted by molar-refractivity contribution is 6.33. The summed E-state index contributed by atoms with van der Waals surface area (Å²) in [6, 6.07) is 3.65. The topological polar surface area (TPSA) is 46.4 Å². The van der Waals surface area contributed by atoms with Crippen molar-refractivity contribution in [2.45, 2.75) is 13.1 Å². The number of rotatable bonds is 2. The van der Waals surface area contributed by atoms with E-state index in [0.29, 0.717) is 12.3 Å². The van der Waals surface area contributed by atoms with E-state index in [2.05, 4.69) is 4.98 Å². The van der Waals surface area contributed by atoms with Crippen molar-refractivity contribution < 1.29 is 26.7 Å². The minimum atomic E-state index is -4.71. The van der Waals surface area contributed by atoms with Crippen LogP contribution in [0.15, 0.2) is 30.5 Å². The fraction of sp³-hybridized carbons (Fsp3) is 0.125. The molecule has 1 amide bonds. The highest BCUT2D eigenvalue weighted by Gasteiger charge is 2.33. The molecule has 1 aromatic carbocycles. The molecule has 4 nitrogen and oxygen atoms in total. The Kier molecular flexibility index (Phi) is 4.35. The molecule has 0 radical (unpaired) electrons. The maximum Gasteiger partial charge on any atom is 0.417 e. The quantitative estimate of drug-likeness (QED) is 0.637. The maximum absolute atomic E-state index is 13.7. The maximum atomic E-state index is 13.7. The van der Waals surface area contributed by atoms with Crippen LogP contribution in [-0.4, -0.2) is 15.3 Å². The average Bonchev–Trinajstić information content (AvgIpc) is 2.87. The van der Waals surface area contributed by atoms with Crippen molar-refractivity contribution in [2.75, 3.05) is 5.32 Å². The first-order valence-electron chi connectivity index (χ1n) is 7.10. The summed E-state index contributed by atoms with van der Waals surface area (Å²) in [5, 5.41) is 1.70. The first-order chi connectivity index (χ1) is 12.1. The van der Waals surface area contributed by atoms with Crippen molar-refractivity contribution in [3.63, 3.8) is 0 Å². The number of carbonyl (C=O) groups excluding carboxylic acids is 1. The molecule has 0 fully saturated rings. The summed E-state index contributed by atoms with van der Waals surface area (Å²) in [5.74, 6) is -3.09. The van der Waals surface area contributed by atoms with Crippen LogP contribution in [0, 0.1) is 18.6 Å². The first-order valence-corrected chi connectivity index (χ1v) is 7.48. The van der Waals surface area contributed by atoms with Crippen molar-refractivity contribution in [1.29, 1.82) is 0 Å². The Hall–Kier alpha value is -2.68. The molecule has 0 saturated heterocycles. The highest BCUT2D eigenvalue weighted by Crippen LogP contribution is 2.33. The Labute approximate surface area is 148 Å². The van der Waals surface area contributed by atoms with Crippen LogP contribution in [0.1, 0.15) is 21.7 Å². The van der Waals surface area contributed by atoms with E-state index in [1.54, 1.807) is 0 Å². The second-order valence-corrected chi connectivity index (χ2v) is 5.77. The molecule has 1 N–H and O–H groups in total. The lowest BCUT2D eigenvalue weighted by Gasteiger charge is -2.11. The number of hydrogen-bond acceptors (Lipinski definition) is 2. The van der Waals surface area contributed by atoms with E-state index in [-0.39, 0.29) is 22.1 Å². The number of imidazole rings is 1. The molecule has 136 valence electrons. The zero-order valence-electron chi connectivity index (χ0n) is 13.0. The van der Waals surface area contributed by atoms with E-state index < -0.39 is 35.0 Å².